The smallest absolute Gasteiger partial charge is 0.287 e. The number of hydrogen-bond acceptors (Lipinski definition) is 5. The normalized spacial score (nSPS) is 24.1. The summed E-state index contributed by atoms with van der Waals surface area (Å²) in [6.45, 7) is 1.38. The van der Waals surface area contributed by atoms with Crippen molar-refractivity contribution in [3.05, 3.63) is 33.9 Å². The van der Waals surface area contributed by atoms with Gasteiger partial charge >= 0.3 is 0 Å². The Morgan fingerprint density at radius 2 is 2.29 bits per heavy atom. The molecule has 2 heterocycles. The van der Waals surface area contributed by atoms with E-state index in [1.807, 2.05) is 6.07 Å². The number of piperidine rings is 1. The standard InChI is InChI=1S/C14H14N4O3/c15-7-9-6-10(3-4-12(9)18(20)21)17-5-1-2-11-13(17)8-16-14(11)19/h3-4,6,11,13H,1-2,5,8H2,(H,16,19). The van der Waals surface area contributed by atoms with Crippen LogP contribution < -0.4 is 10.2 Å². The van der Waals surface area contributed by atoms with Crippen molar-refractivity contribution < 1.29 is 9.72 Å². The molecule has 7 nitrogen and oxygen atoms in total. The lowest BCUT2D eigenvalue weighted by Gasteiger charge is -2.37. The van der Waals surface area contributed by atoms with Gasteiger partial charge in [0.15, 0.2) is 0 Å². The number of nitrogens with one attached hydrogen (secondary N) is 1. The summed E-state index contributed by atoms with van der Waals surface area (Å²) < 4.78 is 0. The molecule has 2 atom stereocenters. The quantitative estimate of drug-likeness (QED) is 0.650. The number of amides is 1. The average Bonchev–Trinajstić information content (AvgIpc) is 2.88. The zero-order valence-corrected chi connectivity index (χ0v) is 11.3. The van der Waals surface area contributed by atoms with Gasteiger partial charge in [0, 0.05) is 24.8 Å². The van der Waals surface area contributed by atoms with E-state index in [0.29, 0.717) is 6.54 Å². The second-order valence-corrected chi connectivity index (χ2v) is 5.32. The first-order valence-electron chi connectivity index (χ1n) is 6.84. The van der Waals surface area contributed by atoms with Crippen molar-refractivity contribution in [2.75, 3.05) is 18.0 Å². The third-order valence-corrected chi connectivity index (χ3v) is 4.23. The Bertz CT molecular complexity index is 652. The maximum absolute atomic E-state index is 11.8. The summed E-state index contributed by atoms with van der Waals surface area (Å²) in [5.41, 5.74) is 0.635. The number of hydrogen-bond donors (Lipinski definition) is 1. The van der Waals surface area contributed by atoms with Crippen LogP contribution >= 0.6 is 0 Å². The topological polar surface area (TPSA) is 99.3 Å². The number of anilines is 1. The molecular formula is C14H14N4O3. The minimum absolute atomic E-state index is 0.0283. The molecule has 2 saturated heterocycles. The van der Waals surface area contributed by atoms with Gasteiger partial charge in [-0.1, -0.05) is 0 Å². The molecule has 0 aliphatic carbocycles. The van der Waals surface area contributed by atoms with Crippen LogP contribution in [0, 0.1) is 27.4 Å². The average molecular weight is 286 g/mol. The highest BCUT2D eigenvalue weighted by atomic mass is 16.6. The molecule has 1 amide bonds. The molecule has 0 radical (unpaired) electrons. The molecule has 1 N–H and O–H groups in total. The van der Waals surface area contributed by atoms with Crippen molar-refractivity contribution >= 4 is 17.3 Å². The second kappa shape index (κ2) is 5.05. The molecule has 108 valence electrons. The van der Waals surface area contributed by atoms with Crippen molar-refractivity contribution in [3.63, 3.8) is 0 Å². The summed E-state index contributed by atoms with van der Waals surface area (Å²) >= 11 is 0. The van der Waals surface area contributed by atoms with Crippen LogP contribution in [0.25, 0.3) is 0 Å². The molecule has 21 heavy (non-hydrogen) atoms. The van der Waals surface area contributed by atoms with Crippen LogP contribution in [0.1, 0.15) is 18.4 Å². The van der Waals surface area contributed by atoms with Crippen LogP contribution in [0.3, 0.4) is 0 Å². The summed E-state index contributed by atoms with van der Waals surface area (Å²) in [5.74, 6) is 0.0478. The molecule has 3 rings (SSSR count). The second-order valence-electron chi connectivity index (χ2n) is 5.32. The Balaban J connectivity index is 1.95. The van der Waals surface area contributed by atoms with Crippen LogP contribution in [-0.4, -0.2) is 30.0 Å². The van der Waals surface area contributed by atoms with Gasteiger partial charge in [-0.2, -0.15) is 5.26 Å². The van der Waals surface area contributed by atoms with Crippen LogP contribution in [0.5, 0.6) is 0 Å². The van der Waals surface area contributed by atoms with Gasteiger partial charge in [0.05, 0.1) is 16.9 Å². The highest BCUT2D eigenvalue weighted by Gasteiger charge is 2.41. The number of rotatable bonds is 2. The molecule has 2 unspecified atom stereocenters. The van der Waals surface area contributed by atoms with E-state index >= 15 is 0 Å². The van der Waals surface area contributed by atoms with Gasteiger partial charge in [-0.3, -0.25) is 14.9 Å². The number of benzene rings is 1. The van der Waals surface area contributed by atoms with E-state index in [2.05, 4.69) is 10.2 Å². The number of nitriles is 1. The molecule has 0 spiro atoms. The predicted octanol–water partition coefficient (Wildman–Crippen LogP) is 1.18. The molecule has 2 fully saturated rings. The fraction of sp³-hybridized carbons (Fsp3) is 0.429. The molecule has 7 heteroatoms. The molecular weight excluding hydrogens is 272 g/mol. The largest absolute Gasteiger partial charge is 0.366 e. The molecule has 1 aromatic carbocycles. The molecule has 0 bridgehead atoms. The third kappa shape index (κ3) is 2.18. The Morgan fingerprint density at radius 3 is 3.00 bits per heavy atom. The zero-order valence-electron chi connectivity index (χ0n) is 11.3. The third-order valence-electron chi connectivity index (χ3n) is 4.23. The Kier molecular flexibility index (Phi) is 3.22. The Hall–Kier alpha value is -2.62. The number of carbonyl (C=O) groups is 1. The fourth-order valence-electron chi connectivity index (χ4n) is 3.22. The molecule has 0 aromatic heterocycles. The monoisotopic (exact) mass is 286 g/mol. The fourth-order valence-corrected chi connectivity index (χ4v) is 3.22. The highest BCUT2D eigenvalue weighted by molar-refractivity contribution is 5.83. The van der Waals surface area contributed by atoms with Crippen molar-refractivity contribution in [3.8, 4) is 6.07 Å². The maximum Gasteiger partial charge on any atom is 0.287 e. The summed E-state index contributed by atoms with van der Waals surface area (Å²) in [7, 11) is 0. The van der Waals surface area contributed by atoms with Crippen LogP contribution in [0.4, 0.5) is 11.4 Å². The summed E-state index contributed by atoms with van der Waals surface area (Å²) in [6.07, 6.45) is 1.76. The maximum atomic E-state index is 11.8. The zero-order chi connectivity index (χ0) is 15.0. The number of carbonyl (C=O) groups excluding carboxylic acids is 1. The minimum Gasteiger partial charge on any atom is -0.366 e. The van der Waals surface area contributed by atoms with Gasteiger partial charge in [0.2, 0.25) is 5.91 Å². The molecule has 2 aliphatic rings. The minimum atomic E-state index is -0.554. The van der Waals surface area contributed by atoms with Crippen molar-refractivity contribution in [2.45, 2.75) is 18.9 Å². The number of nitro benzene ring substituents is 1. The van der Waals surface area contributed by atoms with E-state index in [-0.39, 0.29) is 29.1 Å². The molecule has 0 saturated carbocycles. The van der Waals surface area contributed by atoms with Gasteiger partial charge in [0.25, 0.3) is 5.69 Å². The molecule has 1 aromatic rings. The Labute approximate surface area is 121 Å². The first kappa shape index (κ1) is 13.4. The lowest BCUT2D eigenvalue weighted by Crippen LogP contribution is -2.45. The van der Waals surface area contributed by atoms with Crippen LogP contribution in [-0.2, 0) is 4.79 Å². The van der Waals surface area contributed by atoms with E-state index in [1.54, 1.807) is 12.1 Å². The van der Waals surface area contributed by atoms with Crippen molar-refractivity contribution in [2.24, 2.45) is 5.92 Å². The SMILES string of the molecule is N#Cc1cc(N2CCCC3C(=O)NCC32)ccc1[N+](=O)[O-]. The first-order valence-corrected chi connectivity index (χ1v) is 6.84. The van der Waals surface area contributed by atoms with Crippen LogP contribution in [0.2, 0.25) is 0 Å². The van der Waals surface area contributed by atoms with Gasteiger partial charge in [-0.05, 0) is 25.0 Å². The summed E-state index contributed by atoms with van der Waals surface area (Å²) in [4.78, 5) is 24.2. The van der Waals surface area contributed by atoms with E-state index in [9.17, 15) is 14.9 Å². The van der Waals surface area contributed by atoms with E-state index in [0.717, 1.165) is 25.1 Å². The number of nitrogens with zero attached hydrogens (tertiary/aromatic N) is 3. The van der Waals surface area contributed by atoms with Crippen molar-refractivity contribution in [1.82, 2.24) is 5.32 Å². The summed E-state index contributed by atoms with van der Waals surface area (Å²) in [6, 6.07) is 6.51. The van der Waals surface area contributed by atoms with Gasteiger partial charge in [-0.15, -0.1) is 0 Å². The highest BCUT2D eigenvalue weighted by Crippen LogP contribution is 2.33. The first-order chi connectivity index (χ1) is 10.1. The summed E-state index contributed by atoms with van der Waals surface area (Å²) in [5, 5.41) is 22.8. The lowest BCUT2D eigenvalue weighted by atomic mass is 9.91. The predicted molar refractivity (Wildman–Crippen MR) is 74.7 cm³/mol. The number of nitro groups is 1. The van der Waals surface area contributed by atoms with Crippen LogP contribution in [0.15, 0.2) is 18.2 Å². The van der Waals surface area contributed by atoms with E-state index < -0.39 is 4.92 Å². The van der Waals surface area contributed by atoms with E-state index in [1.165, 1.54) is 6.07 Å². The van der Waals surface area contributed by atoms with E-state index in [4.69, 9.17) is 5.26 Å². The van der Waals surface area contributed by atoms with Crippen molar-refractivity contribution in [1.29, 1.82) is 5.26 Å². The number of fused-ring (bicyclic) bond motifs is 1. The van der Waals surface area contributed by atoms with Gasteiger partial charge in [0.1, 0.15) is 11.6 Å². The van der Waals surface area contributed by atoms with Gasteiger partial charge in [-0.25, -0.2) is 0 Å². The molecule has 2 aliphatic heterocycles. The Morgan fingerprint density at radius 1 is 1.48 bits per heavy atom. The lowest BCUT2D eigenvalue weighted by molar-refractivity contribution is -0.385. The van der Waals surface area contributed by atoms with Gasteiger partial charge < -0.3 is 10.2 Å².